The summed E-state index contributed by atoms with van der Waals surface area (Å²) in [5.74, 6) is 0.557. The van der Waals surface area contributed by atoms with Gasteiger partial charge in [0.2, 0.25) is 0 Å². The smallest absolute Gasteiger partial charge is 0.269 e. The van der Waals surface area contributed by atoms with E-state index in [2.05, 4.69) is 21.7 Å². The predicted octanol–water partition coefficient (Wildman–Crippen LogP) is 3.68. The average Bonchev–Trinajstić information content (AvgIpc) is 2.74. The monoisotopic (exact) mass is 372 g/mol. The first kappa shape index (κ1) is 18.9. The Morgan fingerprint density at radius 2 is 1.93 bits per heavy atom. The molecule has 0 radical (unpaired) electrons. The Morgan fingerprint density at radius 3 is 2.75 bits per heavy atom. The van der Waals surface area contributed by atoms with Crippen LogP contribution in [0.25, 0.3) is 0 Å². The number of hydrogen-bond donors (Lipinski definition) is 2. The maximum Gasteiger partial charge on any atom is 0.269 e. The van der Waals surface area contributed by atoms with Crippen molar-refractivity contribution in [3.05, 3.63) is 83.7 Å². The van der Waals surface area contributed by atoms with Crippen LogP contribution in [0, 0.1) is 11.3 Å². The molecule has 1 heterocycles. The number of methoxy groups -OCH3 is 1. The molecule has 3 aromatic rings. The molecule has 2 N–H and O–H groups in total. The van der Waals surface area contributed by atoms with Crippen LogP contribution in [-0.2, 0) is 6.42 Å². The zero-order valence-corrected chi connectivity index (χ0v) is 15.5. The summed E-state index contributed by atoms with van der Waals surface area (Å²) in [6, 6.07) is 20.4. The van der Waals surface area contributed by atoms with Gasteiger partial charge in [0.05, 0.1) is 18.7 Å². The highest BCUT2D eigenvalue weighted by atomic mass is 16.5. The molecule has 0 bridgehead atoms. The number of hydrogen-bond acceptors (Lipinski definition) is 5. The summed E-state index contributed by atoms with van der Waals surface area (Å²) in [6.07, 6.45) is 2.27. The van der Waals surface area contributed by atoms with Gasteiger partial charge in [0, 0.05) is 24.1 Å². The second-order valence-electron chi connectivity index (χ2n) is 6.10. The lowest BCUT2D eigenvalue weighted by atomic mass is 10.1. The van der Waals surface area contributed by atoms with E-state index in [0.717, 1.165) is 22.7 Å². The lowest BCUT2D eigenvalue weighted by Crippen LogP contribution is -2.26. The molecule has 28 heavy (non-hydrogen) atoms. The number of aromatic nitrogens is 1. The zero-order chi connectivity index (χ0) is 19.8. The minimum Gasteiger partial charge on any atom is -0.497 e. The highest BCUT2D eigenvalue weighted by Gasteiger charge is 2.08. The first-order valence-electron chi connectivity index (χ1n) is 8.82. The van der Waals surface area contributed by atoms with E-state index >= 15 is 0 Å². The van der Waals surface area contributed by atoms with E-state index < -0.39 is 0 Å². The Bertz CT molecular complexity index is 1010. The molecule has 2 aromatic carbocycles. The Hall–Kier alpha value is -3.85. The summed E-state index contributed by atoms with van der Waals surface area (Å²) in [5.41, 5.74) is 3.47. The zero-order valence-electron chi connectivity index (χ0n) is 15.5. The number of ether oxygens (including phenoxy) is 1. The molecule has 0 spiro atoms. The van der Waals surface area contributed by atoms with Crippen LogP contribution in [0.2, 0.25) is 0 Å². The minimum absolute atomic E-state index is 0.239. The summed E-state index contributed by atoms with van der Waals surface area (Å²) in [7, 11) is 1.63. The normalized spacial score (nSPS) is 10.0. The van der Waals surface area contributed by atoms with Crippen molar-refractivity contribution >= 4 is 17.3 Å². The lowest BCUT2D eigenvalue weighted by molar-refractivity contribution is 0.0949. The van der Waals surface area contributed by atoms with Crippen LogP contribution in [0.15, 0.2) is 66.9 Å². The number of benzene rings is 2. The van der Waals surface area contributed by atoms with E-state index in [1.165, 1.54) is 0 Å². The van der Waals surface area contributed by atoms with Gasteiger partial charge < -0.3 is 15.4 Å². The van der Waals surface area contributed by atoms with Crippen molar-refractivity contribution in [3.63, 3.8) is 0 Å². The van der Waals surface area contributed by atoms with Gasteiger partial charge in [-0.25, -0.2) is 0 Å². The van der Waals surface area contributed by atoms with Crippen molar-refractivity contribution < 1.29 is 9.53 Å². The number of nitriles is 1. The van der Waals surface area contributed by atoms with Crippen LogP contribution in [0.1, 0.15) is 21.6 Å². The lowest BCUT2D eigenvalue weighted by Gasteiger charge is -2.09. The molecule has 6 nitrogen and oxygen atoms in total. The van der Waals surface area contributed by atoms with E-state index in [1.807, 2.05) is 30.3 Å². The summed E-state index contributed by atoms with van der Waals surface area (Å²) in [6.45, 7) is 0.496. The highest BCUT2D eigenvalue weighted by molar-refractivity contribution is 5.93. The molecule has 0 atom stereocenters. The van der Waals surface area contributed by atoms with E-state index in [9.17, 15) is 4.79 Å². The van der Waals surface area contributed by atoms with Crippen molar-refractivity contribution in [2.75, 3.05) is 19.0 Å². The van der Waals surface area contributed by atoms with Gasteiger partial charge in [-0.1, -0.05) is 18.2 Å². The third kappa shape index (κ3) is 5.08. The summed E-state index contributed by atoms with van der Waals surface area (Å²) in [5, 5.41) is 15.1. The van der Waals surface area contributed by atoms with Crippen LogP contribution >= 0.6 is 0 Å². The third-order valence-corrected chi connectivity index (χ3v) is 4.11. The van der Waals surface area contributed by atoms with Gasteiger partial charge in [-0.05, 0) is 54.4 Å². The molecule has 0 aliphatic heterocycles. The summed E-state index contributed by atoms with van der Waals surface area (Å²) < 4.78 is 5.21. The Kier molecular flexibility index (Phi) is 6.21. The highest BCUT2D eigenvalue weighted by Crippen LogP contribution is 2.18. The Morgan fingerprint density at radius 1 is 1.11 bits per heavy atom. The largest absolute Gasteiger partial charge is 0.497 e. The SMILES string of the molecule is COc1cccc(CCNC(=O)c2cc(Nc3cccc(C#N)c3)ccn2)c1. The molecule has 1 amide bonds. The first-order valence-corrected chi connectivity index (χ1v) is 8.82. The van der Waals surface area contributed by atoms with Crippen LogP contribution in [0.3, 0.4) is 0 Å². The number of carbonyl (C=O) groups is 1. The van der Waals surface area contributed by atoms with E-state index in [-0.39, 0.29) is 5.91 Å². The maximum absolute atomic E-state index is 12.4. The summed E-state index contributed by atoms with van der Waals surface area (Å²) >= 11 is 0. The molecule has 140 valence electrons. The van der Waals surface area contributed by atoms with Gasteiger partial charge in [-0.15, -0.1) is 0 Å². The number of carbonyl (C=O) groups excluding carboxylic acids is 1. The number of pyridine rings is 1. The number of rotatable bonds is 7. The fraction of sp³-hybridized carbons (Fsp3) is 0.136. The molecule has 3 rings (SSSR count). The molecule has 1 aromatic heterocycles. The standard InChI is InChI=1S/C22H20N4O2/c1-28-20-7-3-4-16(13-20)8-10-25-22(27)21-14-19(9-11-24-21)26-18-6-2-5-17(12-18)15-23/h2-7,9,11-14H,8,10H2,1H3,(H,24,26)(H,25,27). The molecule has 0 aliphatic rings. The van der Waals surface area contributed by atoms with Crippen molar-refractivity contribution in [2.45, 2.75) is 6.42 Å². The van der Waals surface area contributed by atoms with Crippen molar-refractivity contribution in [1.29, 1.82) is 5.26 Å². The Balaban J connectivity index is 1.59. The second-order valence-corrected chi connectivity index (χ2v) is 6.10. The van der Waals surface area contributed by atoms with Gasteiger partial charge in [0.15, 0.2) is 0 Å². The molecule has 0 aliphatic carbocycles. The predicted molar refractivity (Wildman–Crippen MR) is 108 cm³/mol. The quantitative estimate of drug-likeness (QED) is 0.661. The van der Waals surface area contributed by atoms with E-state index in [1.54, 1.807) is 43.6 Å². The van der Waals surface area contributed by atoms with Crippen LogP contribution in [0.4, 0.5) is 11.4 Å². The first-order chi connectivity index (χ1) is 13.7. The third-order valence-electron chi connectivity index (χ3n) is 4.11. The topological polar surface area (TPSA) is 87.0 Å². The fourth-order valence-corrected chi connectivity index (χ4v) is 2.70. The Labute approximate surface area is 163 Å². The molecule has 0 fully saturated rings. The molecule has 0 saturated carbocycles. The minimum atomic E-state index is -0.239. The van der Waals surface area contributed by atoms with Crippen molar-refractivity contribution in [1.82, 2.24) is 10.3 Å². The van der Waals surface area contributed by atoms with Crippen molar-refractivity contribution in [3.8, 4) is 11.8 Å². The van der Waals surface area contributed by atoms with Gasteiger partial charge in [0.1, 0.15) is 11.4 Å². The van der Waals surface area contributed by atoms with E-state index in [0.29, 0.717) is 24.2 Å². The van der Waals surface area contributed by atoms with Gasteiger partial charge in [-0.2, -0.15) is 5.26 Å². The van der Waals surface area contributed by atoms with Gasteiger partial charge in [0.25, 0.3) is 5.91 Å². The van der Waals surface area contributed by atoms with Crippen LogP contribution < -0.4 is 15.4 Å². The molecule has 0 saturated heterocycles. The maximum atomic E-state index is 12.4. The fourth-order valence-electron chi connectivity index (χ4n) is 2.70. The molecule has 6 heteroatoms. The molecular weight excluding hydrogens is 352 g/mol. The van der Waals surface area contributed by atoms with Crippen LogP contribution in [-0.4, -0.2) is 24.5 Å². The van der Waals surface area contributed by atoms with Crippen molar-refractivity contribution in [2.24, 2.45) is 0 Å². The summed E-state index contributed by atoms with van der Waals surface area (Å²) in [4.78, 5) is 16.5. The molecular formula is C22H20N4O2. The van der Waals surface area contributed by atoms with Gasteiger partial charge >= 0.3 is 0 Å². The van der Waals surface area contributed by atoms with Gasteiger partial charge in [-0.3, -0.25) is 9.78 Å². The average molecular weight is 372 g/mol. The van der Waals surface area contributed by atoms with Crippen LogP contribution in [0.5, 0.6) is 5.75 Å². The molecule has 0 unspecified atom stereocenters. The number of nitrogens with one attached hydrogen (secondary N) is 2. The number of amides is 1. The number of nitrogens with zero attached hydrogens (tertiary/aromatic N) is 2. The van der Waals surface area contributed by atoms with E-state index in [4.69, 9.17) is 10.00 Å². The number of anilines is 2. The second kappa shape index (κ2) is 9.19.